The highest BCUT2D eigenvalue weighted by Crippen LogP contribution is 2.32. The Morgan fingerprint density at radius 2 is 2.00 bits per heavy atom. The van der Waals surface area contributed by atoms with Crippen LogP contribution in [0.5, 0.6) is 0 Å². The molecule has 2 aromatic heterocycles. The third-order valence-electron chi connectivity index (χ3n) is 5.32. The van der Waals surface area contributed by atoms with Crippen molar-refractivity contribution in [2.24, 2.45) is 0 Å². The molecule has 0 spiro atoms. The molecule has 1 aromatic carbocycles. The average molecular weight is 425 g/mol. The minimum atomic E-state index is -0.949. The van der Waals surface area contributed by atoms with E-state index in [0.29, 0.717) is 17.2 Å². The van der Waals surface area contributed by atoms with Crippen molar-refractivity contribution in [1.29, 1.82) is 0 Å². The van der Waals surface area contributed by atoms with Crippen LogP contribution in [0.2, 0.25) is 0 Å². The molecule has 1 fully saturated rings. The molecule has 0 bridgehead atoms. The van der Waals surface area contributed by atoms with E-state index >= 15 is 0 Å². The number of furan rings is 1. The Bertz CT molecular complexity index is 1020. The Kier molecular flexibility index (Phi) is 5.94. The van der Waals surface area contributed by atoms with E-state index in [1.165, 1.54) is 4.90 Å². The highest BCUT2D eigenvalue weighted by Gasteiger charge is 2.37. The molecule has 1 aliphatic rings. The summed E-state index contributed by atoms with van der Waals surface area (Å²) in [6.07, 6.45) is 4.09. The predicted octanol–water partition coefficient (Wildman–Crippen LogP) is 4.19. The Balaban J connectivity index is 1.79. The first-order chi connectivity index (χ1) is 14.5. The van der Waals surface area contributed by atoms with Crippen LogP contribution < -0.4 is 10.2 Å². The van der Waals surface area contributed by atoms with E-state index in [4.69, 9.17) is 4.42 Å². The lowest BCUT2D eigenvalue weighted by Crippen LogP contribution is -2.46. The first-order valence-corrected chi connectivity index (χ1v) is 10.9. The van der Waals surface area contributed by atoms with Crippen LogP contribution in [0.15, 0.2) is 46.2 Å². The van der Waals surface area contributed by atoms with E-state index in [2.05, 4.69) is 14.9 Å². The summed E-state index contributed by atoms with van der Waals surface area (Å²) in [7, 11) is 0. The summed E-state index contributed by atoms with van der Waals surface area (Å²) in [4.78, 5) is 28.4. The molecule has 1 saturated carbocycles. The zero-order valence-electron chi connectivity index (χ0n) is 17.0. The van der Waals surface area contributed by atoms with Crippen molar-refractivity contribution in [3.63, 3.8) is 0 Å². The second kappa shape index (κ2) is 8.79. The molecule has 4 rings (SSSR count). The van der Waals surface area contributed by atoms with Gasteiger partial charge in [0.15, 0.2) is 11.7 Å². The Morgan fingerprint density at radius 3 is 2.63 bits per heavy atom. The van der Waals surface area contributed by atoms with E-state index in [-0.39, 0.29) is 17.6 Å². The molecule has 7 nitrogen and oxygen atoms in total. The summed E-state index contributed by atoms with van der Waals surface area (Å²) in [5.41, 5.74) is 1.78. The molecule has 0 aliphatic heterocycles. The van der Waals surface area contributed by atoms with Gasteiger partial charge in [0.25, 0.3) is 11.8 Å². The van der Waals surface area contributed by atoms with Crippen LogP contribution in [0.1, 0.15) is 59.3 Å². The van der Waals surface area contributed by atoms with Gasteiger partial charge in [0.2, 0.25) is 0 Å². The number of benzene rings is 1. The molecule has 30 heavy (non-hydrogen) atoms. The zero-order valence-corrected chi connectivity index (χ0v) is 17.8. The van der Waals surface area contributed by atoms with Gasteiger partial charge >= 0.3 is 0 Å². The molecule has 2 heterocycles. The van der Waals surface area contributed by atoms with Gasteiger partial charge in [-0.2, -0.15) is 0 Å². The molecule has 3 aromatic rings. The number of hydrogen-bond acceptors (Lipinski definition) is 6. The Labute approximate surface area is 179 Å². The number of nitrogens with one attached hydrogen (secondary N) is 1. The fourth-order valence-corrected chi connectivity index (χ4v) is 4.30. The number of amides is 2. The van der Waals surface area contributed by atoms with Crippen molar-refractivity contribution in [3.8, 4) is 0 Å². The van der Waals surface area contributed by atoms with E-state index in [0.717, 1.165) is 42.8 Å². The summed E-state index contributed by atoms with van der Waals surface area (Å²) in [6.45, 7) is 3.76. The smallest absolute Gasteiger partial charge is 0.280 e. The van der Waals surface area contributed by atoms with E-state index < -0.39 is 11.9 Å². The second-order valence-electron chi connectivity index (χ2n) is 7.65. The van der Waals surface area contributed by atoms with Gasteiger partial charge in [-0.25, -0.2) is 0 Å². The van der Waals surface area contributed by atoms with Crippen LogP contribution in [-0.4, -0.2) is 27.4 Å². The zero-order chi connectivity index (χ0) is 21.1. The molecule has 8 heteroatoms. The van der Waals surface area contributed by atoms with Crippen molar-refractivity contribution in [1.82, 2.24) is 14.9 Å². The molecule has 1 unspecified atom stereocenters. The minimum Gasteiger partial charge on any atom is -0.464 e. The molecule has 1 atom stereocenters. The van der Waals surface area contributed by atoms with Gasteiger partial charge in [-0.05, 0) is 68.1 Å². The van der Waals surface area contributed by atoms with Crippen molar-refractivity contribution < 1.29 is 14.0 Å². The lowest BCUT2D eigenvalue weighted by Gasteiger charge is -2.30. The summed E-state index contributed by atoms with van der Waals surface area (Å²) in [6, 6.07) is 10.2. The Hall–Kier alpha value is -3.00. The summed E-state index contributed by atoms with van der Waals surface area (Å²) in [5, 5.41) is 8.66. The molecular formula is C22H24N4O3S. The first-order valence-electron chi connectivity index (χ1n) is 10.1. The molecule has 2 amide bonds. The Morgan fingerprint density at radius 1 is 1.20 bits per heavy atom. The lowest BCUT2D eigenvalue weighted by atomic mass is 10.1. The van der Waals surface area contributed by atoms with E-state index in [1.54, 1.807) is 17.5 Å². The van der Waals surface area contributed by atoms with Crippen LogP contribution in [0.4, 0.5) is 5.69 Å². The van der Waals surface area contributed by atoms with Crippen LogP contribution in [0, 0.1) is 13.8 Å². The van der Waals surface area contributed by atoms with Gasteiger partial charge in [0, 0.05) is 17.1 Å². The third-order valence-corrected chi connectivity index (χ3v) is 5.82. The van der Waals surface area contributed by atoms with Gasteiger partial charge in [0.05, 0.1) is 0 Å². The van der Waals surface area contributed by atoms with Gasteiger partial charge in [0.1, 0.15) is 11.5 Å². The number of nitrogens with zero attached hydrogens (tertiary/aromatic N) is 3. The first kappa shape index (κ1) is 20.3. The minimum absolute atomic E-state index is 0.117. The number of anilines is 1. The number of rotatable bonds is 6. The predicted molar refractivity (Wildman–Crippen MR) is 114 cm³/mol. The maximum absolute atomic E-state index is 13.5. The maximum atomic E-state index is 13.5. The summed E-state index contributed by atoms with van der Waals surface area (Å²) >= 11 is 1.10. The number of carbonyl (C=O) groups is 2. The van der Waals surface area contributed by atoms with Gasteiger partial charge < -0.3 is 9.73 Å². The quantitative estimate of drug-likeness (QED) is 0.641. The van der Waals surface area contributed by atoms with Gasteiger partial charge in [-0.1, -0.05) is 29.5 Å². The van der Waals surface area contributed by atoms with Crippen LogP contribution in [0.3, 0.4) is 0 Å². The number of aryl methyl sites for hydroxylation is 2. The van der Waals surface area contributed by atoms with Crippen molar-refractivity contribution in [2.45, 2.75) is 51.6 Å². The molecule has 156 valence electrons. The van der Waals surface area contributed by atoms with Crippen LogP contribution >= 0.6 is 11.5 Å². The summed E-state index contributed by atoms with van der Waals surface area (Å²) in [5.74, 6) is 0.445. The third kappa shape index (κ3) is 4.28. The van der Waals surface area contributed by atoms with E-state index in [9.17, 15) is 9.59 Å². The molecule has 1 aliphatic carbocycles. The highest BCUT2D eigenvalue weighted by molar-refractivity contribution is 7.03. The van der Waals surface area contributed by atoms with Crippen molar-refractivity contribution >= 4 is 29.0 Å². The number of hydrogen-bond donors (Lipinski definition) is 1. The fourth-order valence-electron chi connectivity index (χ4n) is 3.87. The standard InChI is InChI=1S/C22H24N4O3S/c1-14-6-5-9-17(12-14)26(22(28)18-13-30-25-24-18)20(19-11-10-15(2)29-19)21(27)23-16-7-3-4-8-16/h5-6,9-13,16,20H,3-4,7-8H2,1-2H3,(H,23,27). The lowest BCUT2D eigenvalue weighted by molar-refractivity contribution is -0.123. The van der Waals surface area contributed by atoms with Gasteiger partial charge in [-0.15, -0.1) is 5.10 Å². The largest absolute Gasteiger partial charge is 0.464 e. The summed E-state index contributed by atoms with van der Waals surface area (Å²) < 4.78 is 9.66. The van der Waals surface area contributed by atoms with Crippen molar-refractivity contribution in [2.75, 3.05) is 4.90 Å². The SMILES string of the molecule is Cc1cccc(N(C(=O)c2csnn2)C(C(=O)NC2CCCC2)c2ccc(C)o2)c1. The molecule has 1 N–H and O–H groups in total. The number of aromatic nitrogens is 2. The van der Waals surface area contributed by atoms with Crippen LogP contribution in [0.25, 0.3) is 0 Å². The van der Waals surface area contributed by atoms with Crippen molar-refractivity contribution in [3.05, 3.63) is 64.6 Å². The van der Waals surface area contributed by atoms with Gasteiger partial charge in [-0.3, -0.25) is 14.5 Å². The fraction of sp³-hybridized carbons (Fsp3) is 0.364. The normalized spacial score (nSPS) is 15.1. The monoisotopic (exact) mass is 424 g/mol. The van der Waals surface area contributed by atoms with Crippen LogP contribution in [-0.2, 0) is 4.79 Å². The molecule has 0 saturated heterocycles. The molecular weight excluding hydrogens is 400 g/mol. The molecule has 0 radical (unpaired) electrons. The average Bonchev–Trinajstić information content (AvgIpc) is 3.48. The second-order valence-corrected chi connectivity index (χ2v) is 8.26. The maximum Gasteiger partial charge on any atom is 0.280 e. The highest BCUT2D eigenvalue weighted by atomic mass is 32.1. The van der Waals surface area contributed by atoms with E-state index in [1.807, 2.05) is 38.1 Å². The topological polar surface area (TPSA) is 88.3 Å². The number of carbonyl (C=O) groups excluding carboxylic acids is 2.